The van der Waals surface area contributed by atoms with Gasteiger partial charge in [0.2, 0.25) is 0 Å². The number of nitrogens with one attached hydrogen (secondary N) is 2. The molecule has 1 aliphatic heterocycles. The third-order valence-electron chi connectivity index (χ3n) is 3.17. The van der Waals surface area contributed by atoms with E-state index in [2.05, 4.69) is 23.9 Å². The van der Waals surface area contributed by atoms with Crippen LogP contribution in [-0.2, 0) is 10.2 Å². The van der Waals surface area contributed by atoms with Crippen molar-refractivity contribution in [1.29, 1.82) is 0 Å². The number of hydrogen-bond acceptors (Lipinski definition) is 3. The summed E-state index contributed by atoms with van der Waals surface area (Å²) in [5.74, 6) is 0.549. The highest BCUT2D eigenvalue weighted by molar-refractivity contribution is 7.87. The van der Waals surface area contributed by atoms with Crippen LogP contribution in [0.4, 0.5) is 0 Å². The predicted octanol–water partition coefficient (Wildman–Crippen LogP) is -0.195. The summed E-state index contributed by atoms with van der Waals surface area (Å²) in [6.07, 6.45) is 2.19. The van der Waals surface area contributed by atoms with E-state index in [1.807, 2.05) is 0 Å². The molecule has 4 N–H and O–H groups in total. The van der Waals surface area contributed by atoms with Crippen LogP contribution in [0.25, 0.3) is 0 Å². The maximum atomic E-state index is 10.8. The maximum absolute atomic E-state index is 10.8. The molecule has 0 aromatic carbocycles. The Balaban J connectivity index is 2.49. The topological polar surface area (TPSA) is 84.2 Å². The highest BCUT2D eigenvalue weighted by atomic mass is 32.2. The summed E-state index contributed by atoms with van der Waals surface area (Å²) in [4.78, 5) is 0. The third kappa shape index (κ3) is 4.46. The van der Waals surface area contributed by atoms with E-state index in [0.717, 1.165) is 25.9 Å². The normalized spacial score (nSPS) is 20.5. The van der Waals surface area contributed by atoms with Gasteiger partial charge in [-0.15, -0.1) is 0 Å². The number of rotatable bonds is 4. The van der Waals surface area contributed by atoms with E-state index in [-0.39, 0.29) is 5.41 Å². The van der Waals surface area contributed by atoms with Gasteiger partial charge < -0.3 is 5.32 Å². The molecule has 0 saturated carbocycles. The number of piperidine rings is 1. The summed E-state index contributed by atoms with van der Waals surface area (Å²) in [7, 11) is -3.56. The monoisotopic (exact) mass is 235 g/mol. The Labute approximate surface area is 92.0 Å². The molecule has 0 aromatic rings. The third-order valence-corrected chi connectivity index (χ3v) is 3.72. The van der Waals surface area contributed by atoms with Gasteiger partial charge in [-0.05, 0) is 37.3 Å². The molecule has 0 unspecified atom stereocenters. The minimum Gasteiger partial charge on any atom is -0.317 e. The lowest BCUT2D eigenvalue weighted by Crippen LogP contribution is -2.44. The minimum atomic E-state index is -3.56. The van der Waals surface area contributed by atoms with Crippen LogP contribution in [0.1, 0.15) is 26.7 Å². The van der Waals surface area contributed by atoms with Crippen LogP contribution in [-0.4, -0.2) is 28.1 Å². The lowest BCUT2D eigenvalue weighted by molar-refractivity contribution is 0.169. The molecule has 0 bridgehead atoms. The van der Waals surface area contributed by atoms with Crippen molar-refractivity contribution < 1.29 is 8.42 Å². The first-order valence-corrected chi connectivity index (χ1v) is 6.84. The van der Waals surface area contributed by atoms with Crippen molar-refractivity contribution in [2.75, 3.05) is 19.6 Å². The molecule has 1 fully saturated rings. The fourth-order valence-corrected chi connectivity index (χ4v) is 2.61. The molecule has 0 amide bonds. The molecule has 0 aromatic heterocycles. The standard InChI is InChI=1S/C9H21N3O2S/c1-9(2,7-12-15(10,13)14)8-3-5-11-6-4-8/h8,11-12H,3-7H2,1-2H3,(H2,10,13,14). The molecule has 90 valence electrons. The highest BCUT2D eigenvalue weighted by Gasteiger charge is 2.31. The fourth-order valence-electron chi connectivity index (χ4n) is 2.03. The van der Waals surface area contributed by atoms with Gasteiger partial charge >= 0.3 is 0 Å². The van der Waals surface area contributed by atoms with E-state index in [1.54, 1.807) is 0 Å². The Morgan fingerprint density at radius 3 is 2.40 bits per heavy atom. The second kappa shape index (κ2) is 4.78. The Hall–Kier alpha value is -0.170. The summed E-state index contributed by atoms with van der Waals surface area (Å²) in [5.41, 5.74) is -0.0332. The molecule has 1 rings (SSSR count). The van der Waals surface area contributed by atoms with Crippen LogP contribution in [0.2, 0.25) is 0 Å². The Morgan fingerprint density at radius 2 is 1.93 bits per heavy atom. The van der Waals surface area contributed by atoms with Crippen LogP contribution in [0.3, 0.4) is 0 Å². The van der Waals surface area contributed by atoms with Crippen molar-refractivity contribution in [3.8, 4) is 0 Å². The van der Waals surface area contributed by atoms with E-state index in [9.17, 15) is 8.42 Å². The van der Waals surface area contributed by atoms with Crippen molar-refractivity contribution in [2.24, 2.45) is 16.5 Å². The van der Waals surface area contributed by atoms with E-state index in [4.69, 9.17) is 5.14 Å². The molecule has 1 heterocycles. The first-order valence-electron chi connectivity index (χ1n) is 5.29. The molecular weight excluding hydrogens is 214 g/mol. The molecule has 5 nitrogen and oxygen atoms in total. The zero-order chi connectivity index (χ0) is 11.5. The number of hydrogen-bond donors (Lipinski definition) is 3. The van der Waals surface area contributed by atoms with E-state index < -0.39 is 10.2 Å². The highest BCUT2D eigenvalue weighted by Crippen LogP contribution is 2.32. The van der Waals surface area contributed by atoms with Gasteiger partial charge in [-0.25, -0.2) is 9.86 Å². The van der Waals surface area contributed by atoms with Crippen molar-refractivity contribution in [3.63, 3.8) is 0 Å². The van der Waals surface area contributed by atoms with Crippen molar-refractivity contribution in [2.45, 2.75) is 26.7 Å². The molecule has 6 heteroatoms. The second-order valence-corrected chi connectivity index (χ2v) is 6.26. The summed E-state index contributed by atoms with van der Waals surface area (Å²) < 4.78 is 24.0. The largest absolute Gasteiger partial charge is 0.317 e. The summed E-state index contributed by atoms with van der Waals surface area (Å²) in [6.45, 7) is 6.62. The van der Waals surface area contributed by atoms with Crippen molar-refractivity contribution in [3.05, 3.63) is 0 Å². The van der Waals surface area contributed by atoms with Crippen LogP contribution in [0, 0.1) is 11.3 Å². The SMILES string of the molecule is CC(C)(CNS(N)(=O)=O)C1CCNCC1. The van der Waals surface area contributed by atoms with Crippen molar-refractivity contribution in [1.82, 2.24) is 10.0 Å². The van der Waals surface area contributed by atoms with Gasteiger partial charge in [0.25, 0.3) is 10.2 Å². The predicted molar refractivity (Wildman–Crippen MR) is 60.5 cm³/mol. The summed E-state index contributed by atoms with van der Waals surface area (Å²) in [6, 6.07) is 0. The second-order valence-electron chi connectivity index (χ2n) is 4.88. The molecule has 15 heavy (non-hydrogen) atoms. The summed E-state index contributed by atoms with van der Waals surface area (Å²) >= 11 is 0. The molecule has 1 saturated heterocycles. The Morgan fingerprint density at radius 1 is 1.40 bits per heavy atom. The lowest BCUT2D eigenvalue weighted by atomic mass is 9.74. The first-order chi connectivity index (χ1) is 6.81. The number of nitrogens with two attached hydrogens (primary N) is 1. The van der Waals surface area contributed by atoms with Crippen LogP contribution >= 0.6 is 0 Å². The van der Waals surface area contributed by atoms with Gasteiger partial charge in [0.05, 0.1) is 0 Å². The van der Waals surface area contributed by atoms with Crippen molar-refractivity contribution >= 4 is 10.2 Å². The van der Waals surface area contributed by atoms with Gasteiger partial charge in [-0.2, -0.15) is 8.42 Å². The van der Waals surface area contributed by atoms with Gasteiger partial charge in [-0.3, -0.25) is 0 Å². The van der Waals surface area contributed by atoms with E-state index in [0.29, 0.717) is 12.5 Å². The summed E-state index contributed by atoms with van der Waals surface area (Å²) in [5, 5.41) is 8.22. The molecule has 0 atom stereocenters. The van der Waals surface area contributed by atoms with Gasteiger partial charge in [-0.1, -0.05) is 13.8 Å². The van der Waals surface area contributed by atoms with Gasteiger partial charge in [0.1, 0.15) is 0 Å². The Bertz CT molecular complexity index is 294. The molecule has 0 aliphatic carbocycles. The lowest BCUT2D eigenvalue weighted by Gasteiger charge is -2.37. The van der Waals surface area contributed by atoms with Gasteiger partial charge in [0.15, 0.2) is 0 Å². The van der Waals surface area contributed by atoms with Crippen LogP contribution in [0.5, 0.6) is 0 Å². The zero-order valence-corrected chi connectivity index (χ0v) is 10.2. The molecular formula is C9H21N3O2S. The minimum absolute atomic E-state index is 0.0332. The molecule has 0 radical (unpaired) electrons. The quantitative estimate of drug-likeness (QED) is 0.631. The Kier molecular flexibility index (Phi) is 4.11. The van der Waals surface area contributed by atoms with Gasteiger partial charge in [0, 0.05) is 6.54 Å². The maximum Gasteiger partial charge on any atom is 0.274 e. The smallest absolute Gasteiger partial charge is 0.274 e. The van der Waals surface area contributed by atoms with E-state index in [1.165, 1.54) is 0 Å². The average molecular weight is 235 g/mol. The first kappa shape index (κ1) is 12.9. The van der Waals surface area contributed by atoms with Crippen LogP contribution in [0.15, 0.2) is 0 Å². The fraction of sp³-hybridized carbons (Fsp3) is 1.00. The van der Waals surface area contributed by atoms with E-state index >= 15 is 0 Å². The molecule has 1 aliphatic rings. The molecule has 0 spiro atoms. The average Bonchev–Trinajstić information content (AvgIpc) is 2.16. The van der Waals surface area contributed by atoms with Crippen LogP contribution < -0.4 is 15.2 Å². The zero-order valence-electron chi connectivity index (χ0n) is 9.41.